The van der Waals surface area contributed by atoms with Crippen LogP contribution in [0.5, 0.6) is 11.5 Å². The number of nitrogens with one attached hydrogen (secondary N) is 3. The fraction of sp³-hybridized carbons (Fsp3) is 0.227. The van der Waals surface area contributed by atoms with E-state index in [1.54, 1.807) is 13.1 Å². The average Bonchev–Trinajstić information content (AvgIpc) is 3.18. The lowest BCUT2D eigenvalue weighted by atomic mass is 10.0. The van der Waals surface area contributed by atoms with Crippen LogP contribution in [-0.2, 0) is 16.0 Å². The van der Waals surface area contributed by atoms with Crippen LogP contribution in [0, 0.1) is 0 Å². The fourth-order valence-corrected chi connectivity index (χ4v) is 3.34. The van der Waals surface area contributed by atoms with Crippen LogP contribution in [0.4, 0.5) is 4.79 Å². The molecule has 1 atom stereocenters. The second-order valence-corrected chi connectivity index (χ2v) is 7.18. The molecule has 1 aromatic heterocycles. The van der Waals surface area contributed by atoms with Crippen molar-refractivity contribution in [1.29, 1.82) is 0 Å². The first-order valence-electron chi connectivity index (χ1n) is 9.80. The lowest BCUT2D eigenvalue weighted by Gasteiger charge is -2.16. The van der Waals surface area contributed by atoms with Crippen molar-refractivity contribution in [2.45, 2.75) is 19.4 Å². The van der Waals surface area contributed by atoms with Crippen LogP contribution in [0.15, 0.2) is 47.7 Å². The van der Waals surface area contributed by atoms with Crippen molar-refractivity contribution in [1.82, 2.24) is 15.7 Å². The molecule has 32 heavy (non-hydrogen) atoms. The number of aromatic nitrogens is 1. The largest absolute Gasteiger partial charge is 0.503 e. The molecule has 0 aliphatic carbocycles. The number of halogens is 1. The van der Waals surface area contributed by atoms with E-state index < -0.39 is 18.0 Å². The van der Waals surface area contributed by atoms with Gasteiger partial charge in [-0.1, -0.05) is 29.8 Å². The molecule has 0 aliphatic heterocycles. The van der Waals surface area contributed by atoms with Gasteiger partial charge in [0.1, 0.15) is 6.04 Å². The number of phenolic OH excluding ortho intramolecular Hbond substituents is 1. The third-order valence-electron chi connectivity index (χ3n) is 4.64. The number of aromatic hydroxyl groups is 1. The van der Waals surface area contributed by atoms with Crippen LogP contribution >= 0.6 is 11.6 Å². The third-order valence-corrected chi connectivity index (χ3v) is 4.93. The zero-order valence-corrected chi connectivity index (χ0v) is 18.3. The molecular formula is C22H23ClN4O5. The highest BCUT2D eigenvalue weighted by Gasteiger charge is 2.23. The summed E-state index contributed by atoms with van der Waals surface area (Å²) in [7, 11) is 1.39. The molecule has 168 valence electrons. The van der Waals surface area contributed by atoms with Gasteiger partial charge in [-0.3, -0.25) is 4.79 Å². The van der Waals surface area contributed by atoms with Crippen LogP contribution in [0.3, 0.4) is 0 Å². The molecule has 0 saturated heterocycles. The van der Waals surface area contributed by atoms with Gasteiger partial charge in [0.25, 0.3) is 5.91 Å². The topological polar surface area (TPSA) is 125 Å². The normalized spacial score (nSPS) is 12.0. The summed E-state index contributed by atoms with van der Waals surface area (Å²) in [6, 6.07) is 9.71. The van der Waals surface area contributed by atoms with Crippen LogP contribution in [-0.4, -0.2) is 48.1 Å². The van der Waals surface area contributed by atoms with Crippen molar-refractivity contribution < 1.29 is 24.2 Å². The Labute approximate surface area is 189 Å². The number of hydrogen-bond donors (Lipinski definition) is 4. The molecule has 1 heterocycles. The Bertz CT molecular complexity index is 1140. The number of para-hydroxylation sites is 1. The van der Waals surface area contributed by atoms with Crippen LogP contribution in [0.1, 0.15) is 18.1 Å². The Balaban J connectivity index is 1.75. The number of nitrogens with zero attached hydrogens (tertiary/aromatic N) is 1. The van der Waals surface area contributed by atoms with E-state index in [2.05, 4.69) is 20.8 Å². The van der Waals surface area contributed by atoms with Gasteiger partial charge in [-0.05, 0) is 36.2 Å². The van der Waals surface area contributed by atoms with Crippen molar-refractivity contribution in [3.63, 3.8) is 0 Å². The van der Waals surface area contributed by atoms with Crippen molar-refractivity contribution in [2.75, 3.05) is 13.7 Å². The first-order chi connectivity index (χ1) is 15.4. The number of phenols is 1. The number of fused-ring (bicyclic) bond motifs is 1. The molecule has 9 nitrogen and oxygen atoms in total. The molecule has 4 N–H and O–H groups in total. The number of carbonyl (C=O) groups excluding carboxylic acids is 2. The van der Waals surface area contributed by atoms with E-state index >= 15 is 0 Å². The molecule has 3 aromatic rings. The predicted molar refractivity (Wildman–Crippen MR) is 121 cm³/mol. The van der Waals surface area contributed by atoms with Gasteiger partial charge in [0, 0.05) is 23.5 Å². The number of alkyl carbamates (subject to hydrolysis) is 1. The minimum Gasteiger partial charge on any atom is -0.503 e. The lowest BCUT2D eigenvalue weighted by Crippen LogP contribution is -2.47. The maximum atomic E-state index is 12.8. The molecule has 0 spiro atoms. The highest BCUT2D eigenvalue weighted by atomic mass is 35.5. The summed E-state index contributed by atoms with van der Waals surface area (Å²) in [6.07, 6.45) is 2.67. The van der Waals surface area contributed by atoms with Gasteiger partial charge >= 0.3 is 6.09 Å². The summed E-state index contributed by atoms with van der Waals surface area (Å²) < 4.78 is 9.97. The number of rotatable bonds is 8. The summed E-state index contributed by atoms with van der Waals surface area (Å²) in [5, 5.41) is 17.3. The van der Waals surface area contributed by atoms with Gasteiger partial charge in [-0.2, -0.15) is 5.10 Å². The number of carbonyl (C=O) groups is 2. The molecule has 0 fully saturated rings. The number of methoxy groups -OCH3 is 1. The molecule has 0 saturated carbocycles. The minimum absolute atomic E-state index is 0.0818. The number of ether oxygens (including phenoxy) is 2. The first-order valence-corrected chi connectivity index (χ1v) is 10.2. The van der Waals surface area contributed by atoms with E-state index in [-0.39, 0.29) is 29.5 Å². The zero-order valence-electron chi connectivity index (χ0n) is 17.5. The molecule has 10 heteroatoms. The number of hydrazone groups is 1. The average molecular weight is 459 g/mol. The molecule has 2 amide bonds. The van der Waals surface area contributed by atoms with Crippen molar-refractivity contribution >= 4 is 40.7 Å². The van der Waals surface area contributed by atoms with Gasteiger partial charge in [-0.15, -0.1) is 0 Å². The number of aromatic amines is 1. The maximum absolute atomic E-state index is 12.8. The number of benzene rings is 2. The van der Waals surface area contributed by atoms with Crippen LogP contribution in [0.2, 0.25) is 5.02 Å². The van der Waals surface area contributed by atoms with Gasteiger partial charge in [0.05, 0.1) is 25.0 Å². The fourth-order valence-electron chi connectivity index (χ4n) is 3.12. The Hall–Kier alpha value is -3.72. The van der Waals surface area contributed by atoms with Crippen LogP contribution in [0.25, 0.3) is 10.9 Å². The standard InChI is InChI=1S/C22H23ClN4O5/c1-3-32-22(30)26-18(10-14-12-24-17-7-5-4-6-15(14)17)21(29)27-25-11-13-8-16(23)20(28)19(9-13)31-2/h4-9,11-12,18,24,28H,3,10H2,1-2H3,(H,26,30)(H,27,29)/b25-11-/t18-/m1/s1. The van der Waals surface area contributed by atoms with Gasteiger partial charge < -0.3 is 24.9 Å². The summed E-state index contributed by atoms with van der Waals surface area (Å²) in [5.41, 5.74) is 4.69. The van der Waals surface area contributed by atoms with Gasteiger partial charge in [0.2, 0.25) is 0 Å². The minimum atomic E-state index is -0.927. The smallest absolute Gasteiger partial charge is 0.407 e. The summed E-state index contributed by atoms with van der Waals surface area (Å²) >= 11 is 5.96. The Morgan fingerprint density at radius 1 is 1.31 bits per heavy atom. The lowest BCUT2D eigenvalue weighted by molar-refractivity contribution is -0.123. The van der Waals surface area contributed by atoms with E-state index in [4.69, 9.17) is 21.1 Å². The number of H-pyrrole nitrogens is 1. The summed E-state index contributed by atoms with van der Waals surface area (Å²) in [5.74, 6) is -0.546. The highest BCUT2D eigenvalue weighted by molar-refractivity contribution is 6.32. The molecule has 0 bridgehead atoms. The third kappa shape index (κ3) is 5.50. The van der Waals surface area contributed by atoms with E-state index in [0.29, 0.717) is 5.56 Å². The number of hydrogen-bond acceptors (Lipinski definition) is 6. The Morgan fingerprint density at radius 3 is 2.84 bits per heavy atom. The summed E-state index contributed by atoms with van der Waals surface area (Å²) in [6.45, 7) is 1.85. The molecule has 0 aliphatic rings. The van der Waals surface area contributed by atoms with Gasteiger partial charge in [-0.25, -0.2) is 10.2 Å². The second-order valence-electron chi connectivity index (χ2n) is 6.77. The molecule has 3 rings (SSSR count). The first kappa shape index (κ1) is 23.0. The zero-order chi connectivity index (χ0) is 23.1. The molecule has 0 unspecified atom stereocenters. The van der Waals surface area contributed by atoms with Crippen molar-refractivity contribution in [2.24, 2.45) is 5.10 Å². The predicted octanol–water partition coefficient (Wildman–Crippen LogP) is 3.34. The molecule has 0 radical (unpaired) electrons. The van der Waals surface area contributed by atoms with E-state index in [9.17, 15) is 14.7 Å². The van der Waals surface area contributed by atoms with Crippen LogP contribution < -0.4 is 15.5 Å². The maximum Gasteiger partial charge on any atom is 0.407 e. The monoisotopic (exact) mass is 458 g/mol. The Kier molecular flexibility index (Phi) is 7.56. The quantitative estimate of drug-likeness (QED) is 0.304. The molecule has 2 aromatic carbocycles. The van der Waals surface area contributed by atoms with E-state index in [1.807, 2.05) is 24.3 Å². The molecular weight excluding hydrogens is 436 g/mol. The SMILES string of the molecule is CCOC(=O)N[C@H](Cc1c[nH]c2ccccc12)C(=O)N/N=C\c1cc(Cl)c(O)c(OC)c1. The second kappa shape index (κ2) is 10.5. The summed E-state index contributed by atoms with van der Waals surface area (Å²) in [4.78, 5) is 27.9. The van der Waals surface area contributed by atoms with Crippen molar-refractivity contribution in [3.05, 3.63) is 58.7 Å². The van der Waals surface area contributed by atoms with E-state index in [1.165, 1.54) is 25.5 Å². The highest BCUT2D eigenvalue weighted by Crippen LogP contribution is 2.34. The van der Waals surface area contributed by atoms with E-state index in [0.717, 1.165) is 16.5 Å². The van der Waals surface area contributed by atoms with Gasteiger partial charge in [0.15, 0.2) is 11.5 Å². The Morgan fingerprint density at radius 2 is 2.09 bits per heavy atom. The number of amides is 2. The van der Waals surface area contributed by atoms with Crippen molar-refractivity contribution in [3.8, 4) is 11.5 Å².